The Bertz CT molecular complexity index is 897. The van der Waals surface area contributed by atoms with Gasteiger partial charge in [0, 0.05) is 6.54 Å². The maximum Gasteiger partial charge on any atom is 0.333 e. The zero-order valence-corrected chi connectivity index (χ0v) is 14.8. The Morgan fingerprint density at radius 1 is 1.00 bits per heavy atom. The fourth-order valence-corrected chi connectivity index (χ4v) is 2.90. The first-order chi connectivity index (χ1) is 13.5. The fourth-order valence-electron chi connectivity index (χ4n) is 2.90. The highest BCUT2D eigenvalue weighted by Crippen LogP contribution is 2.27. The van der Waals surface area contributed by atoms with Gasteiger partial charge in [-0.3, -0.25) is 0 Å². The van der Waals surface area contributed by atoms with Gasteiger partial charge in [0.1, 0.15) is 19.0 Å². The number of hydrogen-bond donors (Lipinski definition) is 2. The van der Waals surface area contributed by atoms with Crippen molar-refractivity contribution < 1.29 is 32.5 Å². The van der Waals surface area contributed by atoms with Crippen LogP contribution in [0.4, 0.5) is 13.2 Å². The van der Waals surface area contributed by atoms with Gasteiger partial charge in [0.25, 0.3) is 0 Å². The van der Waals surface area contributed by atoms with Crippen molar-refractivity contribution in [3.8, 4) is 11.5 Å². The molecule has 28 heavy (non-hydrogen) atoms. The summed E-state index contributed by atoms with van der Waals surface area (Å²) in [5, 5.41) is 12.3. The number of hydrogen-bond acceptors (Lipinski definition) is 4. The van der Waals surface area contributed by atoms with Crippen LogP contribution in [0.3, 0.4) is 0 Å². The molecule has 3 rings (SSSR count). The molecule has 0 radical (unpaired) electrons. The van der Waals surface area contributed by atoms with Crippen molar-refractivity contribution in [3.63, 3.8) is 0 Å². The fraction of sp³-hybridized carbons (Fsp3) is 0.250. The average Bonchev–Trinajstić information content (AvgIpc) is 2.71. The number of carboxylic acids is 1. The minimum absolute atomic E-state index is 0.0122. The number of carbonyl (C=O) groups is 1. The second-order valence-electron chi connectivity index (χ2n) is 6.08. The standard InChI is InChI=1S/C20H18F3NO4/c21-16-5-6-17(22)19(18(16)23)28-10-9-27-13-3-1-12(2-4-13)14-7-8-24-11-15(14)20(25)26/h1-6,24H,7-11H2,(H,25,26). The van der Waals surface area contributed by atoms with E-state index in [1.165, 1.54) is 0 Å². The molecule has 0 aliphatic carbocycles. The van der Waals surface area contributed by atoms with Gasteiger partial charge in [0.2, 0.25) is 5.82 Å². The Kier molecular flexibility index (Phi) is 6.20. The van der Waals surface area contributed by atoms with Crippen molar-refractivity contribution in [1.82, 2.24) is 5.32 Å². The monoisotopic (exact) mass is 393 g/mol. The molecule has 0 unspecified atom stereocenters. The van der Waals surface area contributed by atoms with Crippen LogP contribution in [0.1, 0.15) is 12.0 Å². The van der Waals surface area contributed by atoms with Crippen LogP contribution in [0.5, 0.6) is 11.5 Å². The van der Waals surface area contributed by atoms with E-state index in [2.05, 4.69) is 5.32 Å². The molecule has 0 saturated carbocycles. The predicted molar refractivity (Wildman–Crippen MR) is 95.8 cm³/mol. The van der Waals surface area contributed by atoms with Crippen LogP contribution in [0.25, 0.3) is 5.57 Å². The molecule has 0 spiro atoms. The third kappa shape index (κ3) is 4.45. The molecule has 0 saturated heterocycles. The number of carboxylic acid groups (broad SMARTS) is 1. The third-order valence-electron chi connectivity index (χ3n) is 4.28. The van der Waals surface area contributed by atoms with Gasteiger partial charge in [0.15, 0.2) is 17.4 Å². The Hall–Kier alpha value is -3.00. The van der Waals surface area contributed by atoms with Crippen LogP contribution in [-0.2, 0) is 4.79 Å². The minimum atomic E-state index is -1.38. The van der Waals surface area contributed by atoms with Crippen molar-refractivity contribution in [2.45, 2.75) is 6.42 Å². The Morgan fingerprint density at radius 3 is 2.39 bits per heavy atom. The summed E-state index contributed by atoms with van der Waals surface area (Å²) in [6.45, 7) is 0.823. The highest BCUT2D eigenvalue weighted by atomic mass is 19.2. The smallest absolute Gasteiger partial charge is 0.333 e. The summed E-state index contributed by atoms with van der Waals surface area (Å²) in [5.74, 6) is -4.81. The zero-order chi connectivity index (χ0) is 20.1. The van der Waals surface area contributed by atoms with Gasteiger partial charge < -0.3 is 19.9 Å². The van der Waals surface area contributed by atoms with E-state index in [0.29, 0.717) is 36.9 Å². The van der Waals surface area contributed by atoms with Crippen molar-refractivity contribution >= 4 is 11.5 Å². The molecule has 1 aliphatic rings. The number of ether oxygens (including phenoxy) is 2. The van der Waals surface area contributed by atoms with Crippen LogP contribution in [-0.4, -0.2) is 37.4 Å². The third-order valence-corrected chi connectivity index (χ3v) is 4.28. The van der Waals surface area contributed by atoms with Crippen LogP contribution in [0, 0.1) is 17.5 Å². The van der Waals surface area contributed by atoms with E-state index in [0.717, 1.165) is 17.2 Å². The second kappa shape index (κ2) is 8.79. The van der Waals surface area contributed by atoms with Gasteiger partial charge in [-0.25, -0.2) is 13.6 Å². The van der Waals surface area contributed by atoms with Crippen molar-refractivity contribution in [1.29, 1.82) is 0 Å². The van der Waals surface area contributed by atoms with Gasteiger partial charge in [-0.05, 0) is 48.4 Å². The SMILES string of the molecule is O=C(O)C1=C(c2ccc(OCCOc3c(F)ccc(F)c3F)cc2)CCNC1. The summed E-state index contributed by atoms with van der Waals surface area (Å²) in [7, 11) is 0. The lowest BCUT2D eigenvalue weighted by molar-refractivity contribution is -0.132. The first-order valence-electron chi connectivity index (χ1n) is 8.63. The number of benzene rings is 2. The molecule has 5 nitrogen and oxygen atoms in total. The van der Waals surface area contributed by atoms with Crippen molar-refractivity contribution in [2.24, 2.45) is 0 Å². The topological polar surface area (TPSA) is 67.8 Å². The molecule has 0 fully saturated rings. The molecule has 2 N–H and O–H groups in total. The summed E-state index contributed by atoms with van der Waals surface area (Å²) >= 11 is 0. The molecule has 0 aromatic heterocycles. The van der Waals surface area contributed by atoms with Crippen LogP contribution >= 0.6 is 0 Å². The lowest BCUT2D eigenvalue weighted by Gasteiger charge is -2.19. The van der Waals surface area contributed by atoms with E-state index in [1.54, 1.807) is 24.3 Å². The highest BCUT2D eigenvalue weighted by molar-refractivity contribution is 5.97. The van der Waals surface area contributed by atoms with E-state index < -0.39 is 29.2 Å². The van der Waals surface area contributed by atoms with Crippen LogP contribution in [0.15, 0.2) is 42.0 Å². The predicted octanol–water partition coefficient (Wildman–Crippen LogP) is 3.39. The van der Waals surface area contributed by atoms with E-state index in [4.69, 9.17) is 9.47 Å². The number of rotatable bonds is 7. The average molecular weight is 393 g/mol. The summed E-state index contributed by atoms with van der Waals surface area (Å²) < 4.78 is 50.4. The normalized spacial score (nSPS) is 14.1. The lowest BCUT2D eigenvalue weighted by Crippen LogP contribution is -2.28. The van der Waals surface area contributed by atoms with Crippen LogP contribution in [0.2, 0.25) is 0 Å². The molecule has 2 aromatic rings. The van der Waals surface area contributed by atoms with Gasteiger partial charge in [-0.15, -0.1) is 0 Å². The van der Waals surface area contributed by atoms with Gasteiger partial charge >= 0.3 is 5.97 Å². The Labute approximate surface area is 159 Å². The van der Waals surface area contributed by atoms with E-state index >= 15 is 0 Å². The van der Waals surface area contributed by atoms with E-state index in [-0.39, 0.29) is 13.2 Å². The maximum absolute atomic E-state index is 13.5. The molecule has 8 heteroatoms. The largest absolute Gasteiger partial charge is 0.490 e. The molecular weight excluding hydrogens is 375 g/mol. The zero-order valence-electron chi connectivity index (χ0n) is 14.8. The van der Waals surface area contributed by atoms with E-state index in [9.17, 15) is 23.1 Å². The van der Waals surface area contributed by atoms with Gasteiger partial charge in [-0.1, -0.05) is 12.1 Å². The second-order valence-corrected chi connectivity index (χ2v) is 6.08. The van der Waals surface area contributed by atoms with Gasteiger partial charge in [-0.2, -0.15) is 4.39 Å². The lowest BCUT2D eigenvalue weighted by atomic mass is 9.94. The van der Waals surface area contributed by atoms with Crippen LogP contribution < -0.4 is 14.8 Å². The molecule has 0 atom stereocenters. The highest BCUT2D eigenvalue weighted by Gasteiger charge is 2.19. The van der Waals surface area contributed by atoms with Gasteiger partial charge in [0.05, 0.1) is 5.57 Å². The molecule has 148 valence electrons. The quantitative estimate of drug-likeness (QED) is 0.558. The number of halogens is 3. The number of nitrogens with one attached hydrogen (secondary N) is 1. The molecule has 1 aliphatic heterocycles. The molecule has 0 amide bonds. The number of aliphatic carboxylic acids is 1. The summed E-state index contributed by atoms with van der Waals surface area (Å²) in [6, 6.07) is 8.33. The summed E-state index contributed by atoms with van der Waals surface area (Å²) in [4.78, 5) is 11.4. The molecule has 2 aromatic carbocycles. The summed E-state index contributed by atoms with van der Waals surface area (Å²) in [5.41, 5.74) is 1.91. The molecule has 0 bridgehead atoms. The van der Waals surface area contributed by atoms with Crippen molar-refractivity contribution in [3.05, 3.63) is 65.0 Å². The first kappa shape index (κ1) is 19.8. The van der Waals surface area contributed by atoms with E-state index in [1.807, 2.05) is 0 Å². The molecular formula is C20H18F3NO4. The summed E-state index contributed by atoms with van der Waals surface area (Å²) in [6.07, 6.45) is 0.612. The maximum atomic E-state index is 13.5. The van der Waals surface area contributed by atoms with Crippen molar-refractivity contribution in [2.75, 3.05) is 26.3 Å². The first-order valence-corrected chi connectivity index (χ1v) is 8.63. The Balaban J connectivity index is 1.58. The minimum Gasteiger partial charge on any atom is -0.490 e. The Morgan fingerprint density at radius 2 is 1.68 bits per heavy atom. The molecule has 1 heterocycles.